The van der Waals surface area contributed by atoms with Gasteiger partial charge in [0.1, 0.15) is 5.58 Å². The summed E-state index contributed by atoms with van der Waals surface area (Å²) in [5, 5.41) is 4.03. The van der Waals surface area contributed by atoms with E-state index in [1.165, 1.54) is 0 Å². The quantitative estimate of drug-likeness (QED) is 0.616. The van der Waals surface area contributed by atoms with Crippen LogP contribution in [0, 0.1) is 0 Å². The lowest BCUT2D eigenvalue weighted by molar-refractivity contribution is -0.124. The highest BCUT2D eigenvalue weighted by molar-refractivity contribution is 6.35. The number of benzene rings is 2. The van der Waals surface area contributed by atoms with Crippen molar-refractivity contribution in [2.24, 2.45) is 0 Å². The third-order valence-electron chi connectivity index (χ3n) is 3.90. The number of fused-ring (bicyclic) bond motifs is 1. The standard InChI is InChI=1S/C20H15Cl2NO5/c21-13-6-5-12(15(22)9-13)7-8-23-19(25)11-27-20(26)18-10-16(24)14-3-1-2-4-17(14)28-18/h1-6,9-10H,7-8,11H2,(H,23,25). The number of halogens is 2. The van der Waals surface area contributed by atoms with Gasteiger partial charge in [0.15, 0.2) is 12.0 Å². The Labute approximate surface area is 170 Å². The SMILES string of the molecule is O=C(COC(=O)c1cc(=O)c2ccccc2o1)NCCc1ccc(Cl)cc1Cl. The average molecular weight is 420 g/mol. The zero-order valence-corrected chi connectivity index (χ0v) is 16.0. The number of para-hydroxylation sites is 1. The highest BCUT2D eigenvalue weighted by atomic mass is 35.5. The second-order valence-electron chi connectivity index (χ2n) is 5.88. The van der Waals surface area contributed by atoms with Crippen LogP contribution >= 0.6 is 23.2 Å². The summed E-state index contributed by atoms with van der Waals surface area (Å²) in [6.45, 7) is -0.188. The third kappa shape index (κ3) is 4.91. The Morgan fingerprint density at radius 2 is 1.86 bits per heavy atom. The average Bonchev–Trinajstić information content (AvgIpc) is 2.67. The van der Waals surface area contributed by atoms with E-state index in [1.54, 1.807) is 42.5 Å². The molecule has 1 amide bonds. The molecule has 3 aromatic rings. The number of carbonyl (C=O) groups is 2. The lowest BCUT2D eigenvalue weighted by Gasteiger charge is -2.08. The first kappa shape index (κ1) is 19.9. The highest BCUT2D eigenvalue weighted by Gasteiger charge is 2.15. The largest absolute Gasteiger partial charge is 0.450 e. The lowest BCUT2D eigenvalue weighted by atomic mass is 10.1. The van der Waals surface area contributed by atoms with Gasteiger partial charge in [0.25, 0.3) is 5.91 Å². The Bertz CT molecular complexity index is 1090. The summed E-state index contributed by atoms with van der Waals surface area (Å²) in [7, 11) is 0. The van der Waals surface area contributed by atoms with E-state index < -0.39 is 18.5 Å². The monoisotopic (exact) mass is 419 g/mol. The van der Waals surface area contributed by atoms with Crippen molar-refractivity contribution in [2.75, 3.05) is 13.2 Å². The molecule has 0 aliphatic rings. The summed E-state index contributed by atoms with van der Waals surface area (Å²) in [6, 6.07) is 12.7. The van der Waals surface area contributed by atoms with Crippen molar-refractivity contribution in [2.45, 2.75) is 6.42 Å². The fraction of sp³-hybridized carbons (Fsp3) is 0.150. The van der Waals surface area contributed by atoms with Crippen LogP contribution in [0.5, 0.6) is 0 Å². The second kappa shape index (κ2) is 8.91. The van der Waals surface area contributed by atoms with Crippen LogP contribution in [0.1, 0.15) is 16.1 Å². The number of ether oxygens (including phenoxy) is 1. The van der Waals surface area contributed by atoms with E-state index in [0.29, 0.717) is 28.4 Å². The molecule has 0 fully saturated rings. The van der Waals surface area contributed by atoms with E-state index in [4.69, 9.17) is 32.4 Å². The van der Waals surface area contributed by atoms with Crippen molar-refractivity contribution >= 4 is 46.0 Å². The van der Waals surface area contributed by atoms with Gasteiger partial charge < -0.3 is 14.5 Å². The van der Waals surface area contributed by atoms with Gasteiger partial charge in [-0.25, -0.2) is 4.79 Å². The van der Waals surface area contributed by atoms with Crippen molar-refractivity contribution in [3.8, 4) is 0 Å². The molecular formula is C20H15Cl2NO5. The van der Waals surface area contributed by atoms with Crippen LogP contribution in [0.4, 0.5) is 0 Å². The highest BCUT2D eigenvalue weighted by Crippen LogP contribution is 2.21. The Balaban J connectivity index is 1.51. The molecule has 2 aromatic carbocycles. The van der Waals surface area contributed by atoms with Crippen molar-refractivity contribution in [3.05, 3.63) is 80.1 Å². The molecule has 0 bridgehead atoms. The van der Waals surface area contributed by atoms with Crippen LogP contribution in [-0.4, -0.2) is 25.0 Å². The van der Waals surface area contributed by atoms with Gasteiger partial charge in [-0.3, -0.25) is 9.59 Å². The van der Waals surface area contributed by atoms with Gasteiger partial charge in [0.2, 0.25) is 5.76 Å². The molecule has 0 radical (unpaired) electrons. The van der Waals surface area contributed by atoms with Gasteiger partial charge in [-0.05, 0) is 36.2 Å². The maximum absolute atomic E-state index is 12.1. The van der Waals surface area contributed by atoms with E-state index in [0.717, 1.165) is 11.6 Å². The molecule has 1 heterocycles. The van der Waals surface area contributed by atoms with Crippen LogP contribution in [0.25, 0.3) is 11.0 Å². The van der Waals surface area contributed by atoms with Gasteiger partial charge in [0.05, 0.1) is 5.39 Å². The van der Waals surface area contributed by atoms with Crippen LogP contribution in [0.2, 0.25) is 10.0 Å². The zero-order chi connectivity index (χ0) is 20.1. The van der Waals surface area contributed by atoms with Gasteiger partial charge in [-0.2, -0.15) is 0 Å². The fourth-order valence-corrected chi connectivity index (χ4v) is 3.02. The van der Waals surface area contributed by atoms with Crippen LogP contribution in [0.15, 0.2) is 57.7 Å². The molecule has 144 valence electrons. The predicted octanol–water partition coefficient (Wildman–Crippen LogP) is 3.62. The first-order chi connectivity index (χ1) is 13.4. The third-order valence-corrected chi connectivity index (χ3v) is 4.49. The first-order valence-electron chi connectivity index (χ1n) is 8.34. The number of nitrogens with one attached hydrogen (secondary N) is 1. The summed E-state index contributed by atoms with van der Waals surface area (Å²) in [6.07, 6.45) is 0.495. The van der Waals surface area contributed by atoms with Gasteiger partial charge in [-0.15, -0.1) is 0 Å². The van der Waals surface area contributed by atoms with Crippen molar-refractivity contribution in [3.63, 3.8) is 0 Å². The molecule has 0 aliphatic heterocycles. The van der Waals surface area contributed by atoms with Crippen molar-refractivity contribution in [1.82, 2.24) is 5.32 Å². The number of hydrogen-bond acceptors (Lipinski definition) is 5. The minimum Gasteiger partial charge on any atom is -0.450 e. The number of rotatable bonds is 6. The molecule has 1 aromatic heterocycles. The van der Waals surface area contributed by atoms with Crippen molar-refractivity contribution < 1.29 is 18.7 Å². The summed E-state index contributed by atoms with van der Waals surface area (Å²) < 4.78 is 10.3. The molecule has 0 spiro atoms. The zero-order valence-electron chi connectivity index (χ0n) is 14.5. The fourth-order valence-electron chi connectivity index (χ4n) is 2.52. The minimum absolute atomic E-state index is 0.260. The van der Waals surface area contributed by atoms with Gasteiger partial charge >= 0.3 is 5.97 Å². The maximum Gasteiger partial charge on any atom is 0.374 e. The topological polar surface area (TPSA) is 85.6 Å². The molecule has 0 atom stereocenters. The number of carbonyl (C=O) groups excluding carboxylic acids is 2. The molecule has 0 aliphatic carbocycles. The first-order valence-corrected chi connectivity index (χ1v) is 9.10. The Hall–Kier alpha value is -2.83. The van der Waals surface area contributed by atoms with Gasteiger partial charge in [0, 0.05) is 22.7 Å². The van der Waals surface area contributed by atoms with Crippen LogP contribution < -0.4 is 10.7 Å². The molecular weight excluding hydrogens is 405 g/mol. The number of esters is 1. The van der Waals surface area contributed by atoms with E-state index >= 15 is 0 Å². The molecule has 8 heteroatoms. The van der Waals surface area contributed by atoms with Crippen LogP contribution in [-0.2, 0) is 16.0 Å². The molecule has 0 saturated heterocycles. The van der Waals surface area contributed by atoms with Crippen LogP contribution in [0.3, 0.4) is 0 Å². The Kier molecular flexibility index (Phi) is 6.34. The number of hydrogen-bond donors (Lipinski definition) is 1. The Morgan fingerprint density at radius 1 is 1.07 bits per heavy atom. The molecule has 1 N–H and O–H groups in total. The minimum atomic E-state index is -0.890. The summed E-state index contributed by atoms with van der Waals surface area (Å²) >= 11 is 11.9. The molecule has 6 nitrogen and oxygen atoms in total. The summed E-state index contributed by atoms with van der Waals surface area (Å²) in [4.78, 5) is 35.9. The molecule has 0 unspecified atom stereocenters. The van der Waals surface area contributed by atoms with Crippen molar-refractivity contribution in [1.29, 1.82) is 0 Å². The van der Waals surface area contributed by atoms with E-state index in [-0.39, 0.29) is 16.8 Å². The lowest BCUT2D eigenvalue weighted by Crippen LogP contribution is -2.30. The normalized spacial score (nSPS) is 10.6. The maximum atomic E-state index is 12.1. The van der Waals surface area contributed by atoms with E-state index in [1.807, 2.05) is 0 Å². The summed E-state index contributed by atoms with van der Waals surface area (Å²) in [5.74, 6) is -1.63. The smallest absolute Gasteiger partial charge is 0.374 e. The number of amides is 1. The van der Waals surface area contributed by atoms with Gasteiger partial charge in [-0.1, -0.05) is 41.4 Å². The molecule has 28 heavy (non-hydrogen) atoms. The summed E-state index contributed by atoms with van der Waals surface area (Å²) in [5.41, 5.74) is 0.741. The second-order valence-corrected chi connectivity index (χ2v) is 6.73. The van der Waals surface area contributed by atoms with E-state index in [9.17, 15) is 14.4 Å². The Morgan fingerprint density at radius 3 is 2.64 bits per heavy atom. The molecule has 3 rings (SSSR count). The molecule has 0 saturated carbocycles. The predicted molar refractivity (Wildman–Crippen MR) is 106 cm³/mol. The van der Waals surface area contributed by atoms with E-state index in [2.05, 4.69) is 5.32 Å².